The molecule has 1 aromatic heterocycles. The maximum atomic E-state index is 14.2. The zero-order valence-corrected chi connectivity index (χ0v) is 32.8. The third kappa shape index (κ3) is 13.1. The zero-order chi connectivity index (χ0) is 41.7. The maximum absolute atomic E-state index is 14.2. The van der Waals surface area contributed by atoms with Crippen LogP contribution in [0.3, 0.4) is 0 Å². The number of nitrogens with zero attached hydrogens (tertiary/aromatic N) is 2. The number of carbonyl (C=O) groups excluding carboxylic acids is 6. The number of amides is 6. The molecule has 6 amide bonds. The summed E-state index contributed by atoms with van der Waals surface area (Å²) in [5.41, 5.74) is 7.33. The fraction of sp³-hybridized carbons (Fsp3) is 0.579. The van der Waals surface area contributed by atoms with E-state index in [1.165, 1.54) is 31.3 Å². The average molecular weight is 784 g/mol. The number of carboxylic acid groups (broad SMARTS) is 1. The number of aliphatic hydroxyl groups excluding tert-OH is 1. The Bertz CT molecular complexity index is 1650. The molecular formula is C38H57N9O9. The minimum absolute atomic E-state index is 0.0114. The monoisotopic (exact) mass is 783 g/mol. The number of aromatic amines is 1. The second kappa shape index (κ2) is 21.1. The Kier molecular flexibility index (Phi) is 17.0. The number of nitrogens with two attached hydrogens (primary N) is 1. The van der Waals surface area contributed by atoms with Gasteiger partial charge in [0, 0.05) is 31.3 Å². The number of benzene rings is 1. The highest BCUT2D eigenvalue weighted by atomic mass is 16.4. The van der Waals surface area contributed by atoms with Crippen LogP contribution in [0.4, 0.5) is 0 Å². The number of nitrogens with one attached hydrogen (secondary N) is 6. The minimum atomic E-state index is -1.47. The van der Waals surface area contributed by atoms with E-state index < -0.39 is 95.7 Å². The molecule has 10 N–H and O–H groups in total. The molecule has 18 heteroatoms. The summed E-state index contributed by atoms with van der Waals surface area (Å²) in [6, 6.07) is 0.697. The number of aromatic nitrogens is 2. The highest BCUT2D eigenvalue weighted by Gasteiger charge is 2.40. The van der Waals surface area contributed by atoms with Crippen molar-refractivity contribution in [1.82, 2.24) is 41.5 Å². The number of aliphatic hydroxyl groups is 1. The van der Waals surface area contributed by atoms with Crippen molar-refractivity contribution in [2.24, 2.45) is 17.6 Å². The van der Waals surface area contributed by atoms with Crippen molar-refractivity contribution in [3.63, 3.8) is 0 Å². The van der Waals surface area contributed by atoms with Gasteiger partial charge in [-0.2, -0.15) is 0 Å². The molecule has 1 aromatic carbocycles. The first kappa shape index (κ1) is 45.0. The first-order valence-corrected chi connectivity index (χ1v) is 18.9. The molecule has 56 heavy (non-hydrogen) atoms. The van der Waals surface area contributed by atoms with Gasteiger partial charge in [0.1, 0.15) is 36.3 Å². The van der Waals surface area contributed by atoms with Gasteiger partial charge in [-0.25, -0.2) is 9.78 Å². The lowest BCUT2D eigenvalue weighted by Gasteiger charge is -2.31. The largest absolute Gasteiger partial charge is 0.480 e. The summed E-state index contributed by atoms with van der Waals surface area (Å²) in [6.07, 6.45) is 2.59. The summed E-state index contributed by atoms with van der Waals surface area (Å²) in [5, 5.41) is 33.0. The van der Waals surface area contributed by atoms with Gasteiger partial charge in [0.05, 0.1) is 18.5 Å². The molecule has 0 saturated carbocycles. The lowest BCUT2D eigenvalue weighted by atomic mass is 10.00. The number of imidazole rings is 1. The van der Waals surface area contributed by atoms with Crippen molar-refractivity contribution in [3.8, 4) is 0 Å². The number of rotatable bonds is 20. The topological polar surface area (TPSA) is 278 Å². The first-order valence-electron chi connectivity index (χ1n) is 18.9. The van der Waals surface area contributed by atoms with Crippen LogP contribution in [0.25, 0.3) is 0 Å². The third-order valence-corrected chi connectivity index (χ3v) is 9.45. The van der Waals surface area contributed by atoms with Gasteiger partial charge < -0.3 is 52.4 Å². The van der Waals surface area contributed by atoms with Crippen molar-refractivity contribution in [2.75, 3.05) is 6.54 Å². The van der Waals surface area contributed by atoms with Crippen LogP contribution in [-0.2, 0) is 46.4 Å². The molecule has 0 spiro atoms. The van der Waals surface area contributed by atoms with Crippen LogP contribution in [0.15, 0.2) is 42.9 Å². The van der Waals surface area contributed by atoms with Gasteiger partial charge >= 0.3 is 5.97 Å². The number of carbonyl (C=O) groups is 7. The molecule has 1 saturated heterocycles. The van der Waals surface area contributed by atoms with Gasteiger partial charge in [0.15, 0.2) is 0 Å². The summed E-state index contributed by atoms with van der Waals surface area (Å²) in [6.45, 7) is 9.93. The smallest absolute Gasteiger partial charge is 0.326 e. The number of likely N-dealkylation sites (tertiary alicyclic amines) is 1. The van der Waals surface area contributed by atoms with Crippen LogP contribution >= 0.6 is 0 Å². The molecule has 8 atom stereocenters. The summed E-state index contributed by atoms with van der Waals surface area (Å²) in [7, 11) is 0. The van der Waals surface area contributed by atoms with Crippen LogP contribution in [0, 0.1) is 11.8 Å². The van der Waals surface area contributed by atoms with Gasteiger partial charge in [0.25, 0.3) is 0 Å². The molecule has 18 nitrogen and oxygen atoms in total. The molecule has 1 aliphatic rings. The van der Waals surface area contributed by atoms with Crippen LogP contribution in [0.5, 0.6) is 0 Å². The highest BCUT2D eigenvalue weighted by molar-refractivity contribution is 5.97. The Labute approximate surface area is 326 Å². The maximum Gasteiger partial charge on any atom is 0.326 e. The molecule has 308 valence electrons. The van der Waals surface area contributed by atoms with Gasteiger partial charge in [-0.1, -0.05) is 58.0 Å². The lowest BCUT2D eigenvalue weighted by molar-refractivity contribution is -0.143. The normalized spacial score (nSPS) is 17.8. The molecule has 0 aliphatic carbocycles. The molecule has 1 aliphatic heterocycles. The fourth-order valence-electron chi connectivity index (χ4n) is 6.35. The Morgan fingerprint density at radius 2 is 1.46 bits per heavy atom. The minimum Gasteiger partial charge on any atom is -0.480 e. The Morgan fingerprint density at radius 1 is 0.839 bits per heavy atom. The first-order chi connectivity index (χ1) is 26.4. The second-order valence-electron chi connectivity index (χ2n) is 15.0. The Balaban J connectivity index is 1.73. The van der Waals surface area contributed by atoms with Crippen molar-refractivity contribution in [1.29, 1.82) is 0 Å². The summed E-state index contributed by atoms with van der Waals surface area (Å²) in [4.78, 5) is 101. The Hall–Kier alpha value is -5.36. The van der Waals surface area contributed by atoms with Gasteiger partial charge in [-0.3, -0.25) is 28.8 Å². The zero-order valence-electron chi connectivity index (χ0n) is 32.8. The van der Waals surface area contributed by atoms with E-state index in [0.29, 0.717) is 17.7 Å². The van der Waals surface area contributed by atoms with Crippen molar-refractivity contribution >= 4 is 41.4 Å². The number of hydrogen-bond donors (Lipinski definition) is 9. The molecule has 1 fully saturated rings. The van der Waals surface area contributed by atoms with Crippen LogP contribution in [0.2, 0.25) is 0 Å². The predicted octanol–water partition coefficient (Wildman–Crippen LogP) is -0.875. The standard InChI is InChI=1S/C38H57N9O9/c1-20(2)15-28(38(55)56)44-35(52)30(21(3)4)45-32(49)22(5)42-34(51)29-13-10-14-47(29)37(54)27(16-24-11-8-7-9-12-24)43-36(53)31(23(6)48)46-33(50)26(39)17-25-18-40-19-41-25/h7-9,11-12,18-23,26-31,48H,10,13-17,39H2,1-6H3,(H,40,41)(H,42,51)(H,43,53)(H,44,52)(H,45,49)(H,46,50)(H,55,56)/t22-,23+,26-,27-,28-,29-,30-,31-/m0/s1. The van der Waals surface area contributed by atoms with Crippen molar-refractivity contribution in [3.05, 3.63) is 54.1 Å². The van der Waals surface area contributed by atoms with E-state index in [1.54, 1.807) is 44.2 Å². The van der Waals surface area contributed by atoms with E-state index in [-0.39, 0.29) is 38.1 Å². The average Bonchev–Trinajstić information content (AvgIpc) is 3.84. The molecule has 0 unspecified atom stereocenters. The summed E-state index contributed by atoms with van der Waals surface area (Å²) in [5.74, 6) is -5.76. The van der Waals surface area contributed by atoms with E-state index in [0.717, 1.165) is 0 Å². The predicted molar refractivity (Wildman–Crippen MR) is 204 cm³/mol. The molecule has 0 radical (unpaired) electrons. The molecule has 3 rings (SSSR count). The molecule has 2 aromatic rings. The highest BCUT2D eigenvalue weighted by Crippen LogP contribution is 2.20. The van der Waals surface area contributed by atoms with E-state index in [1.807, 2.05) is 13.8 Å². The van der Waals surface area contributed by atoms with Crippen molar-refractivity contribution < 1.29 is 43.8 Å². The van der Waals surface area contributed by atoms with Crippen LogP contribution < -0.4 is 32.3 Å². The van der Waals surface area contributed by atoms with E-state index in [9.17, 15) is 43.8 Å². The fourth-order valence-corrected chi connectivity index (χ4v) is 6.35. The molecular weight excluding hydrogens is 726 g/mol. The third-order valence-electron chi connectivity index (χ3n) is 9.45. The Morgan fingerprint density at radius 3 is 2.04 bits per heavy atom. The quantitative estimate of drug-likeness (QED) is 0.0796. The summed E-state index contributed by atoms with van der Waals surface area (Å²) >= 11 is 0. The van der Waals surface area contributed by atoms with Gasteiger partial charge in [-0.15, -0.1) is 0 Å². The van der Waals surface area contributed by atoms with E-state index >= 15 is 0 Å². The number of H-pyrrole nitrogens is 1. The van der Waals surface area contributed by atoms with Crippen LogP contribution in [-0.4, -0.2) is 121 Å². The molecule has 0 bridgehead atoms. The SMILES string of the molecule is CC(C)C[C@H](NC(=O)[C@@H](NC(=O)[C@H](C)NC(=O)[C@@H]1CCCN1C(=O)[C@H](Cc1ccccc1)NC(=O)[C@@H](NC(=O)[C@@H](N)Cc1cnc[nH]1)[C@@H](C)O)C(C)C)C(=O)O. The van der Waals surface area contributed by atoms with Crippen molar-refractivity contribution in [2.45, 2.75) is 122 Å². The summed E-state index contributed by atoms with van der Waals surface area (Å²) < 4.78 is 0. The second-order valence-corrected chi connectivity index (χ2v) is 15.0. The van der Waals surface area contributed by atoms with Crippen LogP contribution in [0.1, 0.15) is 72.1 Å². The molecule has 2 heterocycles. The number of aliphatic carboxylic acids is 1. The number of hydrogen-bond acceptors (Lipinski definition) is 10. The van der Waals surface area contributed by atoms with E-state index in [4.69, 9.17) is 5.73 Å². The van der Waals surface area contributed by atoms with Gasteiger partial charge in [-0.05, 0) is 50.5 Å². The lowest BCUT2D eigenvalue weighted by Crippen LogP contribution is -2.61. The number of carboxylic acids is 1. The van der Waals surface area contributed by atoms with E-state index in [2.05, 4.69) is 36.6 Å². The van der Waals surface area contributed by atoms with Gasteiger partial charge in [0.2, 0.25) is 35.4 Å².